The van der Waals surface area contributed by atoms with Gasteiger partial charge in [-0.05, 0) is 30.4 Å². The first-order valence-corrected chi connectivity index (χ1v) is 4.73. The van der Waals surface area contributed by atoms with Gasteiger partial charge in [0.2, 0.25) is 0 Å². The molecule has 0 radical (unpaired) electrons. The van der Waals surface area contributed by atoms with Crippen molar-refractivity contribution in [2.45, 2.75) is 0 Å². The predicted molar refractivity (Wildman–Crippen MR) is 61.7 cm³/mol. The van der Waals surface area contributed by atoms with E-state index in [9.17, 15) is 0 Å². The standard InChI is InChI=1S/C8H8Cl2N2S/c1-11-8(13)12-5-2-3-6(9)7(10)4-5/h2-4H,1H3,(H2,11,12,13). The Morgan fingerprint density at radius 3 is 2.54 bits per heavy atom. The van der Waals surface area contributed by atoms with Crippen LogP contribution in [0.2, 0.25) is 10.0 Å². The van der Waals surface area contributed by atoms with Crippen LogP contribution in [-0.2, 0) is 0 Å². The second-order valence-electron chi connectivity index (χ2n) is 2.33. The van der Waals surface area contributed by atoms with Crippen molar-refractivity contribution < 1.29 is 0 Å². The van der Waals surface area contributed by atoms with Gasteiger partial charge in [0, 0.05) is 12.7 Å². The molecule has 0 unspecified atom stereocenters. The first-order valence-electron chi connectivity index (χ1n) is 3.57. The topological polar surface area (TPSA) is 24.1 Å². The second-order valence-corrected chi connectivity index (χ2v) is 3.56. The van der Waals surface area contributed by atoms with Gasteiger partial charge in [-0.2, -0.15) is 0 Å². The lowest BCUT2D eigenvalue weighted by molar-refractivity contribution is 1.20. The van der Waals surface area contributed by atoms with Crippen molar-refractivity contribution >= 4 is 46.2 Å². The van der Waals surface area contributed by atoms with Crippen LogP contribution in [0, 0.1) is 0 Å². The number of nitrogens with one attached hydrogen (secondary N) is 2. The molecule has 5 heteroatoms. The number of hydrogen-bond acceptors (Lipinski definition) is 1. The van der Waals surface area contributed by atoms with Crippen molar-refractivity contribution in [3.63, 3.8) is 0 Å². The molecule has 0 saturated carbocycles. The summed E-state index contributed by atoms with van der Waals surface area (Å²) in [5.41, 5.74) is 0.814. The summed E-state index contributed by atoms with van der Waals surface area (Å²) in [6.45, 7) is 0. The van der Waals surface area contributed by atoms with Gasteiger partial charge in [0.05, 0.1) is 10.0 Å². The lowest BCUT2D eigenvalue weighted by Crippen LogP contribution is -2.23. The number of benzene rings is 1. The Labute approximate surface area is 92.2 Å². The highest BCUT2D eigenvalue weighted by Gasteiger charge is 1.99. The van der Waals surface area contributed by atoms with Gasteiger partial charge in [-0.3, -0.25) is 0 Å². The largest absolute Gasteiger partial charge is 0.366 e. The van der Waals surface area contributed by atoms with Crippen LogP contribution in [0.3, 0.4) is 0 Å². The van der Waals surface area contributed by atoms with Gasteiger partial charge in [-0.25, -0.2) is 0 Å². The van der Waals surface area contributed by atoms with E-state index in [2.05, 4.69) is 10.6 Å². The summed E-state index contributed by atoms with van der Waals surface area (Å²) in [7, 11) is 1.74. The molecule has 0 aliphatic rings. The second kappa shape index (κ2) is 4.65. The van der Waals surface area contributed by atoms with Gasteiger partial charge >= 0.3 is 0 Å². The van der Waals surface area contributed by atoms with Crippen molar-refractivity contribution in [1.29, 1.82) is 0 Å². The quantitative estimate of drug-likeness (QED) is 0.732. The molecule has 0 aliphatic carbocycles. The van der Waals surface area contributed by atoms with Crippen molar-refractivity contribution in [3.8, 4) is 0 Å². The fraction of sp³-hybridized carbons (Fsp3) is 0.125. The molecule has 1 aromatic carbocycles. The molecule has 0 aliphatic heterocycles. The van der Waals surface area contributed by atoms with Crippen molar-refractivity contribution in [2.75, 3.05) is 12.4 Å². The number of thiocarbonyl (C=S) groups is 1. The Kier molecular flexibility index (Phi) is 3.78. The normalized spacial score (nSPS) is 9.46. The van der Waals surface area contributed by atoms with Gasteiger partial charge < -0.3 is 10.6 Å². The molecule has 13 heavy (non-hydrogen) atoms. The number of rotatable bonds is 1. The van der Waals surface area contributed by atoms with Crippen LogP contribution in [0.25, 0.3) is 0 Å². The van der Waals surface area contributed by atoms with Crippen LogP contribution >= 0.6 is 35.4 Å². The average molecular weight is 235 g/mol. The summed E-state index contributed by atoms with van der Waals surface area (Å²) < 4.78 is 0. The van der Waals surface area contributed by atoms with E-state index < -0.39 is 0 Å². The summed E-state index contributed by atoms with van der Waals surface area (Å²) in [5, 5.41) is 7.30. The summed E-state index contributed by atoms with van der Waals surface area (Å²) in [4.78, 5) is 0. The molecule has 0 fully saturated rings. The molecule has 0 bridgehead atoms. The molecule has 1 aromatic rings. The highest BCUT2D eigenvalue weighted by atomic mass is 35.5. The third kappa shape index (κ3) is 3.03. The zero-order chi connectivity index (χ0) is 9.84. The fourth-order valence-electron chi connectivity index (χ4n) is 0.767. The molecule has 70 valence electrons. The molecule has 2 N–H and O–H groups in total. The van der Waals surface area contributed by atoms with E-state index in [-0.39, 0.29) is 0 Å². The molecule has 0 spiro atoms. The monoisotopic (exact) mass is 234 g/mol. The summed E-state index contributed by atoms with van der Waals surface area (Å²) >= 11 is 16.5. The average Bonchev–Trinajstić information content (AvgIpc) is 2.11. The molecule has 1 rings (SSSR count). The van der Waals surface area contributed by atoms with E-state index in [1.807, 2.05) is 0 Å². The molecule has 0 heterocycles. The first-order chi connectivity index (χ1) is 6.13. The Balaban J connectivity index is 2.79. The van der Waals surface area contributed by atoms with Crippen LogP contribution < -0.4 is 10.6 Å². The fourth-order valence-corrected chi connectivity index (χ4v) is 1.18. The maximum absolute atomic E-state index is 5.80. The Hall–Kier alpha value is -0.510. The predicted octanol–water partition coefficient (Wildman–Crippen LogP) is 2.91. The van der Waals surface area contributed by atoms with Gasteiger partial charge in [-0.1, -0.05) is 23.2 Å². The Morgan fingerprint density at radius 2 is 2.00 bits per heavy atom. The van der Waals surface area contributed by atoms with Crippen molar-refractivity contribution in [2.24, 2.45) is 0 Å². The number of anilines is 1. The summed E-state index contributed by atoms with van der Waals surface area (Å²) in [5.74, 6) is 0. The molecular weight excluding hydrogens is 227 g/mol. The molecule has 0 saturated heterocycles. The maximum Gasteiger partial charge on any atom is 0.170 e. The van der Waals surface area contributed by atoms with E-state index >= 15 is 0 Å². The summed E-state index contributed by atoms with van der Waals surface area (Å²) in [6.07, 6.45) is 0. The minimum absolute atomic E-state index is 0.505. The Bertz CT molecular complexity index is 328. The van der Waals surface area contributed by atoms with E-state index in [0.29, 0.717) is 15.2 Å². The minimum atomic E-state index is 0.505. The zero-order valence-corrected chi connectivity index (χ0v) is 9.22. The van der Waals surface area contributed by atoms with Gasteiger partial charge in [0.25, 0.3) is 0 Å². The van der Waals surface area contributed by atoms with E-state index in [1.54, 1.807) is 25.2 Å². The Morgan fingerprint density at radius 1 is 1.31 bits per heavy atom. The van der Waals surface area contributed by atoms with E-state index in [0.717, 1.165) is 5.69 Å². The third-order valence-electron chi connectivity index (χ3n) is 1.40. The first kappa shape index (κ1) is 10.6. The SMILES string of the molecule is CNC(=S)Nc1ccc(Cl)c(Cl)c1. The van der Waals surface area contributed by atoms with Crippen molar-refractivity contribution in [3.05, 3.63) is 28.2 Å². The van der Waals surface area contributed by atoms with Crippen LogP contribution in [0.5, 0.6) is 0 Å². The highest BCUT2D eigenvalue weighted by molar-refractivity contribution is 7.80. The number of halogens is 2. The third-order valence-corrected chi connectivity index (χ3v) is 2.45. The minimum Gasteiger partial charge on any atom is -0.366 e. The number of hydrogen-bond donors (Lipinski definition) is 2. The highest BCUT2D eigenvalue weighted by Crippen LogP contribution is 2.24. The van der Waals surface area contributed by atoms with Gasteiger partial charge in [-0.15, -0.1) is 0 Å². The van der Waals surface area contributed by atoms with Crippen molar-refractivity contribution in [1.82, 2.24) is 5.32 Å². The van der Waals surface area contributed by atoms with Crippen LogP contribution in [-0.4, -0.2) is 12.2 Å². The lowest BCUT2D eigenvalue weighted by atomic mass is 10.3. The lowest BCUT2D eigenvalue weighted by Gasteiger charge is -2.07. The van der Waals surface area contributed by atoms with Crippen LogP contribution in [0.4, 0.5) is 5.69 Å². The molecule has 2 nitrogen and oxygen atoms in total. The van der Waals surface area contributed by atoms with E-state index in [4.69, 9.17) is 35.4 Å². The van der Waals surface area contributed by atoms with Crippen LogP contribution in [0.1, 0.15) is 0 Å². The maximum atomic E-state index is 5.80. The molecule has 0 amide bonds. The summed E-state index contributed by atoms with van der Waals surface area (Å²) in [6, 6.07) is 5.23. The molecule has 0 atom stereocenters. The van der Waals surface area contributed by atoms with Crippen LogP contribution in [0.15, 0.2) is 18.2 Å². The molecular formula is C8H8Cl2N2S. The smallest absolute Gasteiger partial charge is 0.170 e. The zero-order valence-electron chi connectivity index (χ0n) is 6.90. The van der Waals surface area contributed by atoms with Gasteiger partial charge in [0.15, 0.2) is 5.11 Å². The molecule has 0 aromatic heterocycles. The van der Waals surface area contributed by atoms with E-state index in [1.165, 1.54) is 0 Å². The van der Waals surface area contributed by atoms with Gasteiger partial charge in [0.1, 0.15) is 0 Å².